The molecule has 8 heteroatoms. The molecule has 2 heterocycles. The van der Waals surface area contributed by atoms with E-state index >= 15 is 0 Å². The minimum Gasteiger partial charge on any atom is -0.383 e. The van der Waals surface area contributed by atoms with E-state index in [1.807, 2.05) is 13.8 Å². The van der Waals surface area contributed by atoms with Gasteiger partial charge in [-0.25, -0.2) is 4.98 Å². The molecule has 1 amide bonds. The summed E-state index contributed by atoms with van der Waals surface area (Å²) in [5.74, 6) is 0.329. The number of rotatable bonds is 6. The fourth-order valence-corrected chi connectivity index (χ4v) is 3.40. The number of thiazole rings is 1. The molecule has 114 valence electrons. The number of methoxy groups -OCH3 is 1. The lowest BCUT2D eigenvalue weighted by Gasteiger charge is -2.13. The predicted molar refractivity (Wildman–Crippen MR) is 84.5 cm³/mol. The quantitative estimate of drug-likeness (QED) is 0.645. The highest BCUT2D eigenvalue weighted by atomic mass is 32.2. The van der Waals surface area contributed by atoms with Gasteiger partial charge in [-0.1, -0.05) is 6.92 Å². The normalized spacial score (nSPS) is 12.5. The van der Waals surface area contributed by atoms with Crippen LogP contribution in [-0.4, -0.2) is 40.8 Å². The highest BCUT2D eigenvalue weighted by Crippen LogP contribution is 2.20. The first-order valence-electron chi connectivity index (χ1n) is 6.51. The van der Waals surface area contributed by atoms with Gasteiger partial charge in [0.2, 0.25) is 0 Å². The Labute approximate surface area is 130 Å². The third-order valence-corrected chi connectivity index (χ3v) is 4.35. The lowest BCUT2D eigenvalue weighted by Crippen LogP contribution is -2.39. The van der Waals surface area contributed by atoms with Gasteiger partial charge in [-0.15, -0.1) is 23.1 Å². The summed E-state index contributed by atoms with van der Waals surface area (Å²) in [6.45, 7) is 4.16. The molecule has 0 aromatic carbocycles. The van der Waals surface area contributed by atoms with Crippen molar-refractivity contribution in [3.05, 3.63) is 27.5 Å². The molecule has 2 aromatic heterocycles. The SMILES string of the molecule is CCSc1nc2sccn2c(=O)c1C(=O)NC(C)COC. The molecule has 0 spiro atoms. The number of ether oxygens (including phenoxy) is 1. The summed E-state index contributed by atoms with van der Waals surface area (Å²) in [7, 11) is 1.56. The number of nitrogens with zero attached hydrogens (tertiary/aromatic N) is 2. The van der Waals surface area contributed by atoms with Crippen LogP contribution in [0.3, 0.4) is 0 Å². The van der Waals surface area contributed by atoms with Crippen molar-refractivity contribution in [2.45, 2.75) is 24.9 Å². The van der Waals surface area contributed by atoms with E-state index in [1.165, 1.54) is 27.5 Å². The molecular weight excluding hydrogens is 310 g/mol. The van der Waals surface area contributed by atoms with E-state index in [0.717, 1.165) is 5.75 Å². The van der Waals surface area contributed by atoms with E-state index in [9.17, 15) is 9.59 Å². The van der Waals surface area contributed by atoms with Crippen LogP contribution in [0.25, 0.3) is 4.96 Å². The van der Waals surface area contributed by atoms with E-state index in [0.29, 0.717) is 16.6 Å². The minimum absolute atomic E-state index is 0.0979. The summed E-state index contributed by atoms with van der Waals surface area (Å²) in [4.78, 5) is 29.9. The molecule has 0 bridgehead atoms. The van der Waals surface area contributed by atoms with E-state index in [-0.39, 0.29) is 17.2 Å². The first-order valence-corrected chi connectivity index (χ1v) is 8.37. The maximum Gasteiger partial charge on any atom is 0.272 e. The molecule has 1 atom stereocenters. The Morgan fingerprint density at radius 2 is 2.38 bits per heavy atom. The van der Waals surface area contributed by atoms with Crippen molar-refractivity contribution in [1.82, 2.24) is 14.7 Å². The second-order valence-electron chi connectivity index (χ2n) is 4.42. The van der Waals surface area contributed by atoms with Crippen molar-refractivity contribution in [2.75, 3.05) is 19.5 Å². The van der Waals surface area contributed by atoms with Gasteiger partial charge < -0.3 is 10.1 Å². The third-order valence-electron chi connectivity index (χ3n) is 2.74. The fraction of sp³-hybridized carbons (Fsp3) is 0.462. The summed E-state index contributed by atoms with van der Waals surface area (Å²) in [6, 6.07) is -0.176. The Morgan fingerprint density at radius 1 is 1.62 bits per heavy atom. The van der Waals surface area contributed by atoms with Crippen molar-refractivity contribution in [3.63, 3.8) is 0 Å². The van der Waals surface area contributed by atoms with E-state index < -0.39 is 5.91 Å². The van der Waals surface area contributed by atoms with Crippen molar-refractivity contribution >= 4 is 34.0 Å². The highest BCUT2D eigenvalue weighted by Gasteiger charge is 2.21. The van der Waals surface area contributed by atoms with E-state index in [1.54, 1.807) is 18.7 Å². The monoisotopic (exact) mass is 327 g/mol. The maximum absolute atomic E-state index is 12.5. The molecule has 0 saturated heterocycles. The Kier molecular flexibility index (Phi) is 5.38. The van der Waals surface area contributed by atoms with Crippen LogP contribution in [0.15, 0.2) is 21.4 Å². The number of hydrogen-bond donors (Lipinski definition) is 1. The van der Waals surface area contributed by atoms with E-state index in [2.05, 4.69) is 10.3 Å². The van der Waals surface area contributed by atoms with Crippen molar-refractivity contribution < 1.29 is 9.53 Å². The lowest BCUT2D eigenvalue weighted by atomic mass is 10.2. The number of carbonyl (C=O) groups excluding carboxylic acids is 1. The number of nitrogens with one attached hydrogen (secondary N) is 1. The Morgan fingerprint density at radius 3 is 3.05 bits per heavy atom. The highest BCUT2D eigenvalue weighted by molar-refractivity contribution is 7.99. The van der Waals surface area contributed by atoms with Gasteiger partial charge in [-0.2, -0.15) is 0 Å². The van der Waals surface area contributed by atoms with Crippen molar-refractivity contribution in [1.29, 1.82) is 0 Å². The minimum atomic E-state index is -0.409. The van der Waals surface area contributed by atoms with Crippen LogP contribution in [0.1, 0.15) is 24.2 Å². The van der Waals surface area contributed by atoms with E-state index in [4.69, 9.17) is 4.74 Å². The van der Waals surface area contributed by atoms with Crippen LogP contribution in [0.2, 0.25) is 0 Å². The Bertz CT molecular complexity index is 696. The van der Waals surface area contributed by atoms with Gasteiger partial charge in [-0.05, 0) is 12.7 Å². The zero-order valence-electron chi connectivity index (χ0n) is 12.1. The van der Waals surface area contributed by atoms with Crippen LogP contribution < -0.4 is 10.9 Å². The predicted octanol–water partition coefficient (Wildman–Crippen LogP) is 1.63. The van der Waals surface area contributed by atoms with Gasteiger partial charge in [0.1, 0.15) is 10.6 Å². The third kappa shape index (κ3) is 3.45. The number of fused-ring (bicyclic) bond motifs is 1. The number of aromatic nitrogens is 2. The zero-order valence-corrected chi connectivity index (χ0v) is 13.7. The summed E-state index contributed by atoms with van der Waals surface area (Å²) in [5, 5.41) is 5.02. The summed E-state index contributed by atoms with van der Waals surface area (Å²) in [5.41, 5.74) is -0.236. The molecule has 0 aliphatic carbocycles. The number of thioether (sulfide) groups is 1. The standard InChI is InChI=1S/C13H17N3O3S2/c1-4-20-11-9(10(17)14-8(2)7-19-3)12(18)16-5-6-21-13(16)15-11/h5-6,8H,4,7H2,1-3H3,(H,14,17). The second-order valence-corrected chi connectivity index (χ2v) is 6.54. The average molecular weight is 327 g/mol. The van der Waals surface area contributed by atoms with Crippen LogP contribution in [0, 0.1) is 0 Å². The van der Waals surface area contributed by atoms with Crippen LogP contribution >= 0.6 is 23.1 Å². The maximum atomic E-state index is 12.5. The van der Waals surface area contributed by atoms with Crippen molar-refractivity contribution in [2.24, 2.45) is 0 Å². The molecule has 0 fully saturated rings. The van der Waals surface area contributed by atoms with Crippen molar-refractivity contribution in [3.8, 4) is 0 Å². The molecule has 0 aliphatic rings. The molecule has 6 nitrogen and oxygen atoms in total. The lowest BCUT2D eigenvalue weighted by molar-refractivity contribution is 0.0900. The van der Waals surface area contributed by atoms with Gasteiger partial charge >= 0.3 is 0 Å². The molecular formula is C13H17N3O3S2. The number of amides is 1. The topological polar surface area (TPSA) is 72.7 Å². The zero-order chi connectivity index (χ0) is 15.4. The van der Waals surface area contributed by atoms with Gasteiger partial charge in [-0.3, -0.25) is 14.0 Å². The van der Waals surface area contributed by atoms with Gasteiger partial charge in [0.05, 0.1) is 6.61 Å². The number of hydrogen-bond acceptors (Lipinski definition) is 6. The Balaban J connectivity index is 2.44. The van der Waals surface area contributed by atoms with Gasteiger partial charge in [0, 0.05) is 24.7 Å². The molecule has 21 heavy (non-hydrogen) atoms. The van der Waals surface area contributed by atoms with Gasteiger partial charge in [0.15, 0.2) is 4.96 Å². The first-order chi connectivity index (χ1) is 10.1. The first kappa shape index (κ1) is 16.0. The number of carbonyl (C=O) groups is 1. The Hall–Kier alpha value is -1.38. The molecule has 1 unspecified atom stereocenters. The van der Waals surface area contributed by atoms with Crippen LogP contribution in [-0.2, 0) is 4.74 Å². The fourth-order valence-electron chi connectivity index (χ4n) is 1.89. The molecule has 0 aliphatic heterocycles. The summed E-state index contributed by atoms with van der Waals surface area (Å²) < 4.78 is 6.39. The summed E-state index contributed by atoms with van der Waals surface area (Å²) >= 11 is 2.76. The largest absolute Gasteiger partial charge is 0.383 e. The molecule has 0 radical (unpaired) electrons. The molecule has 1 N–H and O–H groups in total. The smallest absolute Gasteiger partial charge is 0.272 e. The average Bonchev–Trinajstić information content (AvgIpc) is 2.87. The molecule has 2 rings (SSSR count). The molecule has 2 aromatic rings. The second kappa shape index (κ2) is 7.06. The van der Waals surface area contributed by atoms with Gasteiger partial charge in [0.25, 0.3) is 11.5 Å². The van der Waals surface area contributed by atoms with Crippen LogP contribution in [0.5, 0.6) is 0 Å². The van der Waals surface area contributed by atoms with Crippen LogP contribution in [0.4, 0.5) is 0 Å². The summed E-state index contributed by atoms with van der Waals surface area (Å²) in [6.07, 6.45) is 1.63. The molecule has 0 saturated carbocycles.